The molecule has 3 N–H and O–H groups in total. The highest BCUT2D eigenvalue weighted by atomic mass is 32.2. The summed E-state index contributed by atoms with van der Waals surface area (Å²) in [4.78, 5) is 0. The predicted molar refractivity (Wildman–Crippen MR) is 81.7 cm³/mol. The first-order valence-electron chi connectivity index (χ1n) is 6.67. The second kappa shape index (κ2) is 7.78. The van der Waals surface area contributed by atoms with Crippen LogP contribution in [0, 0.1) is 0 Å². The third-order valence-electron chi connectivity index (χ3n) is 2.69. The number of benzene rings is 1. The largest absolute Gasteiger partial charge is 0.497 e. The molecular formula is C15H26NO2S+. The fraction of sp³-hybridized carbons (Fsp3) is 0.600. The smallest absolute Gasteiger partial charge is 0.118 e. The summed E-state index contributed by atoms with van der Waals surface area (Å²) in [7, 11) is 1.67. The number of ether oxygens (including phenoxy) is 1. The third-order valence-corrected chi connectivity index (χ3v) is 4.10. The van der Waals surface area contributed by atoms with Gasteiger partial charge in [-0.1, -0.05) is 20.8 Å². The van der Waals surface area contributed by atoms with Gasteiger partial charge >= 0.3 is 0 Å². The lowest BCUT2D eigenvalue weighted by Gasteiger charge is -2.19. The maximum atomic E-state index is 9.90. The molecule has 0 unspecified atom stereocenters. The van der Waals surface area contributed by atoms with Gasteiger partial charge in [-0.25, -0.2) is 0 Å². The number of thioether (sulfide) groups is 1. The molecule has 1 aromatic carbocycles. The van der Waals surface area contributed by atoms with Crippen LogP contribution in [0.4, 0.5) is 0 Å². The number of hydrogen-bond acceptors (Lipinski definition) is 3. The minimum Gasteiger partial charge on any atom is -0.497 e. The molecule has 1 atom stereocenters. The van der Waals surface area contributed by atoms with Crippen LogP contribution in [0.3, 0.4) is 0 Å². The van der Waals surface area contributed by atoms with E-state index < -0.39 is 0 Å². The summed E-state index contributed by atoms with van der Waals surface area (Å²) >= 11 is 1.81. The molecule has 0 fully saturated rings. The molecule has 0 saturated heterocycles. The highest BCUT2D eigenvalue weighted by molar-refractivity contribution is 8.00. The zero-order valence-electron chi connectivity index (χ0n) is 12.3. The van der Waals surface area contributed by atoms with Crippen LogP contribution in [-0.4, -0.2) is 35.4 Å². The van der Waals surface area contributed by atoms with E-state index in [2.05, 4.69) is 38.2 Å². The molecule has 0 aromatic heterocycles. The molecule has 0 radical (unpaired) electrons. The average Bonchev–Trinajstić information content (AvgIpc) is 2.36. The Kier molecular flexibility index (Phi) is 6.69. The van der Waals surface area contributed by atoms with Crippen LogP contribution in [0.1, 0.15) is 26.3 Å². The molecule has 0 heterocycles. The van der Waals surface area contributed by atoms with Gasteiger partial charge in [0.25, 0.3) is 0 Å². The lowest BCUT2D eigenvalue weighted by molar-refractivity contribution is -0.675. The quantitative estimate of drug-likeness (QED) is 0.800. The summed E-state index contributed by atoms with van der Waals surface area (Å²) in [5.74, 6) is 1.67. The maximum Gasteiger partial charge on any atom is 0.118 e. The van der Waals surface area contributed by atoms with Gasteiger partial charge in [0.1, 0.15) is 24.9 Å². The number of methoxy groups -OCH3 is 1. The van der Waals surface area contributed by atoms with E-state index >= 15 is 0 Å². The Morgan fingerprint density at radius 2 is 1.89 bits per heavy atom. The topological polar surface area (TPSA) is 46.1 Å². The summed E-state index contributed by atoms with van der Waals surface area (Å²) in [5.41, 5.74) is 1.25. The Labute approximate surface area is 120 Å². The van der Waals surface area contributed by atoms with Crippen LogP contribution in [0.15, 0.2) is 24.3 Å². The number of rotatable bonds is 7. The normalized spacial score (nSPS) is 13.3. The van der Waals surface area contributed by atoms with E-state index in [9.17, 15) is 5.11 Å². The van der Waals surface area contributed by atoms with Gasteiger partial charge in [0.15, 0.2) is 0 Å². The molecule has 0 bridgehead atoms. The molecule has 1 rings (SSSR count). The first-order valence-corrected chi connectivity index (χ1v) is 7.66. The Hall–Kier alpha value is -0.710. The second-order valence-corrected chi connectivity index (χ2v) is 7.50. The van der Waals surface area contributed by atoms with Crippen LogP contribution in [0.25, 0.3) is 0 Å². The molecule has 19 heavy (non-hydrogen) atoms. The van der Waals surface area contributed by atoms with Crippen LogP contribution in [-0.2, 0) is 6.54 Å². The predicted octanol–water partition coefficient (Wildman–Crippen LogP) is 1.65. The summed E-state index contributed by atoms with van der Waals surface area (Å²) < 4.78 is 5.34. The van der Waals surface area contributed by atoms with Crippen molar-refractivity contribution in [2.45, 2.75) is 38.2 Å². The third kappa shape index (κ3) is 7.45. The van der Waals surface area contributed by atoms with E-state index in [1.807, 2.05) is 12.1 Å². The van der Waals surface area contributed by atoms with Crippen molar-refractivity contribution in [2.24, 2.45) is 0 Å². The summed E-state index contributed by atoms with van der Waals surface area (Å²) in [6.07, 6.45) is -0.248. The van der Waals surface area contributed by atoms with Gasteiger partial charge in [-0.3, -0.25) is 0 Å². The lowest BCUT2D eigenvalue weighted by atomic mass is 10.2. The van der Waals surface area contributed by atoms with E-state index in [1.165, 1.54) is 5.56 Å². The molecule has 108 valence electrons. The maximum absolute atomic E-state index is 9.90. The van der Waals surface area contributed by atoms with Crippen molar-refractivity contribution in [1.29, 1.82) is 0 Å². The number of quaternary nitrogens is 1. The van der Waals surface area contributed by atoms with Crippen molar-refractivity contribution in [3.63, 3.8) is 0 Å². The van der Waals surface area contributed by atoms with E-state index in [0.717, 1.165) is 24.6 Å². The zero-order chi connectivity index (χ0) is 14.3. The average molecular weight is 284 g/mol. The van der Waals surface area contributed by atoms with Crippen molar-refractivity contribution in [3.05, 3.63) is 29.8 Å². The van der Waals surface area contributed by atoms with Crippen molar-refractivity contribution < 1.29 is 15.2 Å². The lowest BCUT2D eigenvalue weighted by Crippen LogP contribution is -2.85. The summed E-state index contributed by atoms with van der Waals surface area (Å²) in [5, 5.41) is 12.0. The molecular weight excluding hydrogens is 258 g/mol. The summed E-state index contributed by atoms with van der Waals surface area (Å²) in [6.45, 7) is 8.15. The van der Waals surface area contributed by atoms with Gasteiger partial charge in [0.2, 0.25) is 0 Å². The van der Waals surface area contributed by atoms with E-state index in [0.29, 0.717) is 0 Å². The molecule has 0 aliphatic rings. The highest BCUT2D eigenvalue weighted by Crippen LogP contribution is 2.23. The molecule has 0 aliphatic carbocycles. The van der Waals surface area contributed by atoms with Gasteiger partial charge in [0, 0.05) is 16.1 Å². The zero-order valence-corrected chi connectivity index (χ0v) is 13.2. The van der Waals surface area contributed by atoms with Gasteiger partial charge < -0.3 is 15.2 Å². The van der Waals surface area contributed by atoms with Gasteiger partial charge in [-0.2, -0.15) is 11.8 Å². The van der Waals surface area contributed by atoms with Crippen LogP contribution < -0.4 is 10.1 Å². The minimum absolute atomic E-state index is 0.219. The van der Waals surface area contributed by atoms with Gasteiger partial charge in [0.05, 0.1) is 7.11 Å². The minimum atomic E-state index is -0.248. The molecule has 1 aromatic rings. The Balaban J connectivity index is 2.22. The monoisotopic (exact) mass is 284 g/mol. The van der Waals surface area contributed by atoms with Crippen molar-refractivity contribution in [1.82, 2.24) is 0 Å². The summed E-state index contributed by atoms with van der Waals surface area (Å²) in [6, 6.07) is 8.06. The Morgan fingerprint density at radius 3 is 2.42 bits per heavy atom. The van der Waals surface area contributed by atoms with E-state index in [1.54, 1.807) is 18.9 Å². The molecule has 0 aliphatic heterocycles. The van der Waals surface area contributed by atoms with Crippen LogP contribution >= 0.6 is 11.8 Å². The fourth-order valence-electron chi connectivity index (χ4n) is 1.62. The fourth-order valence-corrected chi connectivity index (χ4v) is 2.45. The van der Waals surface area contributed by atoms with Crippen LogP contribution in [0.5, 0.6) is 5.75 Å². The Bertz CT molecular complexity index is 359. The number of nitrogens with two attached hydrogens (primary N) is 1. The van der Waals surface area contributed by atoms with Crippen molar-refractivity contribution in [2.75, 3.05) is 19.4 Å². The molecule has 0 saturated carbocycles. The SMILES string of the molecule is COc1ccc(C[NH2+]C[C@H](O)CSC(C)(C)C)cc1. The van der Waals surface area contributed by atoms with Crippen molar-refractivity contribution in [3.8, 4) is 5.75 Å². The first kappa shape index (κ1) is 16.3. The number of hydrogen-bond donors (Lipinski definition) is 2. The first-order chi connectivity index (χ1) is 8.90. The molecule has 4 heteroatoms. The van der Waals surface area contributed by atoms with E-state index in [-0.39, 0.29) is 10.9 Å². The standard InChI is InChI=1S/C15H25NO2S/c1-15(2,3)19-11-13(17)10-16-9-12-5-7-14(18-4)8-6-12/h5-8,13,16-17H,9-11H2,1-4H3/p+1/t13-/m0/s1. The highest BCUT2D eigenvalue weighted by Gasteiger charge is 2.14. The number of aliphatic hydroxyl groups excluding tert-OH is 1. The number of aliphatic hydroxyl groups is 1. The van der Waals surface area contributed by atoms with Gasteiger partial charge in [-0.05, 0) is 24.3 Å². The molecule has 0 amide bonds. The van der Waals surface area contributed by atoms with Crippen molar-refractivity contribution >= 4 is 11.8 Å². The Morgan fingerprint density at radius 1 is 1.26 bits per heavy atom. The second-order valence-electron chi connectivity index (χ2n) is 5.65. The molecule has 0 spiro atoms. The van der Waals surface area contributed by atoms with Crippen LogP contribution in [0.2, 0.25) is 0 Å². The van der Waals surface area contributed by atoms with Gasteiger partial charge in [-0.15, -0.1) is 0 Å². The van der Waals surface area contributed by atoms with E-state index in [4.69, 9.17) is 4.74 Å². The molecule has 3 nitrogen and oxygen atoms in total.